The summed E-state index contributed by atoms with van der Waals surface area (Å²) in [4.78, 5) is 3.46. The van der Waals surface area contributed by atoms with Crippen LogP contribution in [-0.2, 0) is 6.42 Å². The summed E-state index contributed by atoms with van der Waals surface area (Å²) in [5.74, 6) is -0.0894. The Balaban J connectivity index is 0.00000161. The van der Waals surface area contributed by atoms with Gasteiger partial charge in [-0.2, -0.15) is 0 Å². The molecule has 4 nitrogen and oxygen atoms in total. The zero-order valence-corrected chi connectivity index (χ0v) is 13.2. The van der Waals surface area contributed by atoms with Crippen molar-refractivity contribution < 1.29 is 10.2 Å². The molecule has 21 heavy (non-hydrogen) atoms. The third-order valence-electron chi connectivity index (χ3n) is 4.10. The predicted octanol–water partition coefficient (Wildman–Crippen LogP) is 2.42. The normalized spacial score (nSPS) is 17.8. The van der Waals surface area contributed by atoms with E-state index in [1.807, 2.05) is 18.2 Å². The van der Waals surface area contributed by atoms with Crippen LogP contribution in [0.2, 0.25) is 5.02 Å². The first-order valence-electron chi connectivity index (χ1n) is 6.98. The van der Waals surface area contributed by atoms with Gasteiger partial charge in [-0.15, -0.1) is 12.4 Å². The highest BCUT2D eigenvalue weighted by Crippen LogP contribution is 2.34. The fraction of sp³-hybridized carbons (Fsp3) is 0.467. The molecular formula is C15H20Cl2N2O2. The molecule has 1 aliphatic heterocycles. The quantitative estimate of drug-likeness (QED) is 0.696. The summed E-state index contributed by atoms with van der Waals surface area (Å²) in [5.41, 5.74) is 3.57. The highest BCUT2D eigenvalue weighted by Gasteiger charge is 2.26. The van der Waals surface area contributed by atoms with Crippen LogP contribution in [0.1, 0.15) is 23.7 Å². The number of benzene rings is 1. The molecule has 1 atom stereocenters. The number of aliphatic hydroxyl groups excluding tert-OH is 2. The zero-order chi connectivity index (χ0) is 14.1. The minimum absolute atomic E-state index is 0. The van der Waals surface area contributed by atoms with Crippen molar-refractivity contribution in [2.24, 2.45) is 5.92 Å². The smallest absolute Gasteiger partial charge is 0.0481 e. The molecule has 1 aromatic carbocycles. The lowest BCUT2D eigenvalue weighted by molar-refractivity contribution is 0.133. The number of H-pyrrole nitrogens is 1. The van der Waals surface area contributed by atoms with Gasteiger partial charge in [-0.25, -0.2) is 0 Å². The number of fused-ring (bicyclic) bond motifs is 3. The first-order chi connectivity index (χ1) is 9.72. The monoisotopic (exact) mass is 330 g/mol. The maximum atomic E-state index is 9.27. The summed E-state index contributed by atoms with van der Waals surface area (Å²) < 4.78 is 0. The van der Waals surface area contributed by atoms with Crippen LogP contribution in [0.25, 0.3) is 10.9 Å². The highest BCUT2D eigenvalue weighted by molar-refractivity contribution is 6.31. The SMILES string of the molecule is Cl.OCC(CO)C[C@@H]1NCCc2c1[nH]c1ccc(Cl)cc21. The van der Waals surface area contributed by atoms with Gasteiger partial charge in [0.05, 0.1) is 0 Å². The van der Waals surface area contributed by atoms with Gasteiger partial charge in [0.1, 0.15) is 0 Å². The average molecular weight is 331 g/mol. The summed E-state index contributed by atoms with van der Waals surface area (Å²) in [6.45, 7) is 0.923. The van der Waals surface area contributed by atoms with Crippen LogP contribution in [0.4, 0.5) is 0 Å². The van der Waals surface area contributed by atoms with E-state index in [0.717, 1.165) is 29.9 Å². The molecule has 4 N–H and O–H groups in total. The molecular weight excluding hydrogens is 311 g/mol. The van der Waals surface area contributed by atoms with Gasteiger partial charge in [-0.1, -0.05) is 11.6 Å². The molecule has 0 amide bonds. The van der Waals surface area contributed by atoms with Crippen LogP contribution in [0, 0.1) is 5.92 Å². The summed E-state index contributed by atoms with van der Waals surface area (Å²) in [6, 6.07) is 6.04. The first-order valence-corrected chi connectivity index (χ1v) is 7.35. The molecule has 2 aromatic rings. The van der Waals surface area contributed by atoms with Crippen molar-refractivity contribution in [1.29, 1.82) is 0 Å². The van der Waals surface area contributed by atoms with Crippen molar-refractivity contribution in [2.75, 3.05) is 19.8 Å². The minimum Gasteiger partial charge on any atom is -0.396 e. The molecule has 2 heterocycles. The molecule has 0 radical (unpaired) electrons. The Kier molecular flexibility index (Phi) is 5.52. The van der Waals surface area contributed by atoms with Crippen molar-refractivity contribution in [3.63, 3.8) is 0 Å². The molecule has 0 spiro atoms. The number of halogens is 2. The molecule has 6 heteroatoms. The third kappa shape index (κ3) is 3.20. The Hall–Kier alpha value is -0.780. The van der Waals surface area contributed by atoms with Crippen LogP contribution in [0.5, 0.6) is 0 Å². The molecule has 0 unspecified atom stereocenters. The lowest BCUT2D eigenvalue weighted by atomic mass is 9.92. The number of aliphatic hydroxyl groups is 2. The van der Waals surface area contributed by atoms with Gasteiger partial charge in [0.25, 0.3) is 0 Å². The Bertz CT molecular complexity index is 611. The van der Waals surface area contributed by atoms with E-state index in [9.17, 15) is 10.2 Å². The average Bonchev–Trinajstić information content (AvgIpc) is 2.83. The summed E-state index contributed by atoms with van der Waals surface area (Å²) >= 11 is 6.09. The maximum Gasteiger partial charge on any atom is 0.0481 e. The number of aromatic amines is 1. The molecule has 3 rings (SSSR count). The molecule has 0 bridgehead atoms. The lowest BCUT2D eigenvalue weighted by Gasteiger charge is -2.27. The van der Waals surface area contributed by atoms with Crippen LogP contribution in [0.3, 0.4) is 0 Å². The van der Waals surface area contributed by atoms with Gasteiger partial charge < -0.3 is 20.5 Å². The van der Waals surface area contributed by atoms with Crippen molar-refractivity contribution >= 4 is 34.9 Å². The van der Waals surface area contributed by atoms with Gasteiger partial charge in [0.2, 0.25) is 0 Å². The zero-order valence-electron chi connectivity index (χ0n) is 11.6. The van der Waals surface area contributed by atoms with E-state index >= 15 is 0 Å². The molecule has 1 aliphatic rings. The Morgan fingerprint density at radius 3 is 2.76 bits per heavy atom. The molecule has 1 aromatic heterocycles. The summed E-state index contributed by atoms with van der Waals surface area (Å²) in [7, 11) is 0. The van der Waals surface area contributed by atoms with E-state index in [4.69, 9.17) is 11.6 Å². The molecule has 116 valence electrons. The van der Waals surface area contributed by atoms with Crippen LogP contribution >= 0.6 is 24.0 Å². The van der Waals surface area contributed by atoms with E-state index in [1.165, 1.54) is 16.6 Å². The van der Waals surface area contributed by atoms with Crippen molar-refractivity contribution in [3.05, 3.63) is 34.5 Å². The van der Waals surface area contributed by atoms with Gasteiger partial charge in [0, 0.05) is 46.8 Å². The van der Waals surface area contributed by atoms with Gasteiger partial charge >= 0.3 is 0 Å². The Labute approximate surface area is 134 Å². The number of nitrogens with one attached hydrogen (secondary N) is 2. The van der Waals surface area contributed by atoms with E-state index in [1.54, 1.807) is 0 Å². The van der Waals surface area contributed by atoms with Crippen molar-refractivity contribution in [2.45, 2.75) is 18.9 Å². The van der Waals surface area contributed by atoms with Gasteiger partial charge in [-0.05, 0) is 43.1 Å². The second-order valence-electron chi connectivity index (χ2n) is 5.43. The van der Waals surface area contributed by atoms with E-state index < -0.39 is 0 Å². The Morgan fingerprint density at radius 2 is 2.05 bits per heavy atom. The molecule has 0 saturated heterocycles. The molecule has 0 fully saturated rings. The standard InChI is InChI=1S/C15H19ClN2O2.ClH/c16-10-1-2-13-12(6-10)11-3-4-17-14(15(11)18-13)5-9(7-19)8-20;/h1-2,6,9,14,17-20H,3-5,7-8H2;1H/t14-;/m0./s1. The summed E-state index contributed by atoms with van der Waals surface area (Å²) in [6.07, 6.45) is 1.69. The predicted molar refractivity (Wildman–Crippen MR) is 87.3 cm³/mol. The number of rotatable bonds is 4. The lowest BCUT2D eigenvalue weighted by Crippen LogP contribution is -2.32. The van der Waals surface area contributed by atoms with Crippen LogP contribution in [-0.4, -0.2) is 35.0 Å². The second-order valence-corrected chi connectivity index (χ2v) is 5.87. The number of hydrogen-bond donors (Lipinski definition) is 4. The first kappa shape index (κ1) is 16.6. The number of hydrogen-bond acceptors (Lipinski definition) is 3. The Morgan fingerprint density at radius 1 is 1.29 bits per heavy atom. The second kappa shape index (κ2) is 6.99. The van der Waals surface area contributed by atoms with Crippen molar-refractivity contribution in [1.82, 2.24) is 10.3 Å². The fourth-order valence-electron chi connectivity index (χ4n) is 3.02. The third-order valence-corrected chi connectivity index (χ3v) is 4.34. The fourth-order valence-corrected chi connectivity index (χ4v) is 3.19. The summed E-state index contributed by atoms with van der Waals surface area (Å²) in [5, 5.41) is 23.9. The topological polar surface area (TPSA) is 68.3 Å². The van der Waals surface area contributed by atoms with Crippen LogP contribution < -0.4 is 5.32 Å². The van der Waals surface area contributed by atoms with E-state index in [2.05, 4.69) is 10.3 Å². The molecule has 0 saturated carbocycles. The maximum absolute atomic E-state index is 9.27. The van der Waals surface area contributed by atoms with Crippen molar-refractivity contribution in [3.8, 4) is 0 Å². The number of aromatic nitrogens is 1. The highest BCUT2D eigenvalue weighted by atomic mass is 35.5. The largest absolute Gasteiger partial charge is 0.396 e. The van der Waals surface area contributed by atoms with Crippen LogP contribution in [0.15, 0.2) is 18.2 Å². The van der Waals surface area contributed by atoms with Gasteiger partial charge in [0.15, 0.2) is 0 Å². The van der Waals surface area contributed by atoms with Gasteiger partial charge in [-0.3, -0.25) is 0 Å². The molecule has 0 aliphatic carbocycles. The minimum atomic E-state index is -0.0894. The van der Waals surface area contributed by atoms with E-state index in [-0.39, 0.29) is 37.6 Å². The van der Waals surface area contributed by atoms with E-state index in [0.29, 0.717) is 0 Å².